The van der Waals surface area contributed by atoms with Crippen LogP contribution in [0.5, 0.6) is 5.75 Å². The molecule has 0 atom stereocenters. The molecule has 3 rings (SSSR count). The number of carboxylic acid groups (broad SMARTS) is 1. The number of carbonyl (C=O) groups is 1. The van der Waals surface area contributed by atoms with Gasteiger partial charge in [0.25, 0.3) is 0 Å². The van der Waals surface area contributed by atoms with Gasteiger partial charge in [0, 0.05) is 0 Å². The van der Waals surface area contributed by atoms with E-state index >= 15 is 0 Å². The number of carboxylic acids is 1. The highest BCUT2D eigenvalue weighted by Gasteiger charge is 2.06. The molecule has 0 radical (unpaired) electrons. The van der Waals surface area contributed by atoms with Gasteiger partial charge in [0.2, 0.25) is 5.89 Å². The first-order valence-electron chi connectivity index (χ1n) is 6.49. The van der Waals surface area contributed by atoms with Crippen LogP contribution in [0.15, 0.2) is 52.9 Å². The Bertz CT molecular complexity index is 728. The molecule has 1 aromatic heterocycles. The van der Waals surface area contributed by atoms with Gasteiger partial charge in [-0.2, -0.15) is 0 Å². The fraction of sp³-hybridized carbons (Fsp3) is 0.125. The SMILES string of the molecule is O=C(O)Cc1ccc(OCc2nc3ccccc3o2)cc1. The lowest BCUT2D eigenvalue weighted by atomic mass is 10.1. The summed E-state index contributed by atoms with van der Waals surface area (Å²) >= 11 is 0. The minimum Gasteiger partial charge on any atom is -0.484 e. The standard InChI is InChI=1S/C16H13NO4/c18-16(19)9-11-5-7-12(8-6-11)20-10-15-17-13-3-1-2-4-14(13)21-15/h1-8H,9-10H2,(H,18,19). The zero-order valence-electron chi connectivity index (χ0n) is 11.2. The van der Waals surface area contributed by atoms with Crippen molar-refractivity contribution in [3.05, 3.63) is 60.0 Å². The lowest BCUT2D eigenvalue weighted by Gasteiger charge is -2.04. The van der Waals surface area contributed by atoms with Crippen LogP contribution in [0.1, 0.15) is 11.5 Å². The van der Waals surface area contributed by atoms with Gasteiger partial charge in [0.15, 0.2) is 12.2 Å². The van der Waals surface area contributed by atoms with Gasteiger partial charge < -0.3 is 14.3 Å². The molecule has 106 valence electrons. The van der Waals surface area contributed by atoms with Crippen molar-refractivity contribution in [3.8, 4) is 5.75 Å². The number of hydrogen-bond acceptors (Lipinski definition) is 4. The maximum atomic E-state index is 10.6. The summed E-state index contributed by atoms with van der Waals surface area (Å²) in [5.41, 5.74) is 2.26. The van der Waals surface area contributed by atoms with E-state index in [2.05, 4.69) is 4.98 Å². The molecular formula is C16H13NO4. The van der Waals surface area contributed by atoms with Gasteiger partial charge in [0.05, 0.1) is 6.42 Å². The Morgan fingerprint density at radius 1 is 1.14 bits per heavy atom. The van der Waals surface area contributed by atoms with Gasteiger partial charge in [0.1, 0.15) is 11.3 Å². The predicted octanol–water partition coefficient (Wildman–Crippen LogP) is 3.03. The van der Waals surface area contributed by atoms with Gasteiger partial charge in [-0.15, -0.1) is 0 Å². The molecular weight excluding hydrogens is 270 g/mol. The third-order valence-electron chi connectivity index (χ3n) is 2.98. The molecule has 0 aliphatic heterocycles. The second kappa shape index (κ2) is 5.66. The number of rotatable bonds is 5. The molecule has 21 heavy (non-hydrogen) atoms. The smallest absolute Gasteiger partial charge is 0.307 e. The Morgan fingerprint density at radius 3 is 2.62 bits per heavy atom. The van der Waals surface area contributed by atoms with Gasteiger partial charge in [-0.1, -0.05) is 24.3 Å². The van der Waals surface area contributed by atoms with Crippen LogP contribution in [0.25, 0.3) is 11.1 Å². The van der Waals surface area contributed by atoms with E-state index < -0.39 is 5.97 Å². The van der Waals surface area contributed by atoms with Crippen LogP contribution < -0.4 is 4.74 Å². The summed E-state index contributed by atoms with van der Waals surface area (Å²) in [4.78, 5) is 14.9. The van der Waals surface area contributed by atoms with Gasteiger partial charge >= 0.3 is 5.97 Å². The van der Waals surface area contributed by atoms with Crippen molar-refractivity contribution in [1.82, 2.24) is 4.98 Å². The number of aliphatic carboxylic acids is 1. The van der Waals surface area contributed by atoms with Gasteiger partial charge in [-0.3, -0.25) is 4.79 Å². The molecule has 2 aromatic carbocycles. The van der Waals surface area contributed by atoms with E-state index in [9.17, 15) is 4.79 Å². The van der Waals surface area contributed by atoms with E-state index in [4.69, 9.17) is 14.3 Å². The lowest BCUT2D eigenvalue weighted by Crippen LogP contribution is -2.00. The number of para-hydroxylation sites is 2. The number of aromatic nitrogens is 1. The van der Waals surface area contributed by atoms with E-state index in [1.54, 1.807) is 24.3 Å². The molecule has 0 aliphatic rings. The molecule has 0 saturated heterocycles. The maximum Gasteiger partial charge on any atom is 0.307 e. The van der Waals surface area contributed by atoms with Crippen molar-refractivity contribution in [2.45, 2.75) is 13.0 Å². The number of benzene rings is 2. The molecule has 3 aromatic rings. The largest absolute Gasteiger partial charge is 0.484 e. The number of oxazole rings is 1. The molecule has 0 bridgehead atoms. The fourth-order valence-electron chi connectivity index (χ4n) is 2.00. The molecule has 0 unspecified atom stereocenters. The average Bonchev–Trinajstić information content (AvgIpc) is 2.89. The summed E-state index contributed by atoms with van der Waals surface area (Å²) in [6.07, 6.45) is 0.00537. The zero-order valence-corrected chi connectivity index (χ0v) is 11.2. The van der Waals surface area contributed by atoms with Crippen LogP contribution in [0, 0.1) is 0 Å². The second-order valence-electron chi connectivity index (χ2n) is 4.58. The molecule has 0 spiro atoms. The third kappa shape index (κ3) is 3.20. The monoisotopic (exact) mass is 283 g/mol. The molecule has 0 saturated carbocycles. The van der Waals surface area contributed by atoms with E-state index in [0.29, 0.717) is 11.6 Å². The minimum absolute atomic E-state index is 0.00537. The van der Waals surface area contributed by atoms with E-state index in [1.807, 2.05) is 24.3 Å². The van der Waals surface area contributed by atoms with E-state index in [-0.39, 0.29) is 13.0 Å². The first-order chi connectivity index (χ1) is 10.2. The van der Waals surface area contributed by atoms with Gasteiger partial charge in [-0.25, -0.2) is 4.98 Å². The molecule has 5 nitrogen and oxygen atoms in total. The fourth-order valence-corrected chi connectivity index (χ4v) is 2.00. The predicted molar refractivity (Wildman–Crippen MR) is 76.1 cm³/mol. The van der Waals surface area contributed by atoms with Crippen molar-refractivity contribution in [3.63, 3.8) is 0 Å². The molecule has 0 amide bonds. The Kier molecular flexibility index (Phi) is 3.55. The molecule has 0 fully saturated rings. The van der Waals surface area contributed by atoms with Crippen LogP contribution in [0.3, 0.4) is 0 Å². The molecule has 1 N–H and O–H groups in total. The van der Waals surface area contributed by atoms with Gasteiger partial charge in [-0.05, 0) is 29.8 Å². The topological polar surface area (TPSA) is 72.6 Å². The van der Waals surface area contributed by atoms with E-state index in [0.717, 1.165) is 16.7 Å². The summed E-state index contributed by atoms with van der Waals surface area (Å²) < 4.78 is 11.1. The maximum absolute atomic E-state index is 10.6. The van der Waals surface area contributed by atoms with Crippen molar-refractivity contribution in [2.75, 3.05) is 0 Å². The Labute approximate surface area is 120 Å². The summed E-state index contributed by atoms with van der Waals surface area (Å²) in [6.45, 7) is 0.229. The quantitative estimate of drug-likeness (QED) is 0.779. The average molecular weight is 283 g/mol. The zero-order chi connectivity index (χ0) is 14.7. The van der Waals surface area contributed by atoms with Crippen LogP contribution in [0.2, 0.25) is 0 Å². The molecule has 1 heterocycles. The number of ether oxygens (including phenoxy) is 1. The highest BCUT2D eigenvalue weighted by atomic mass is 16.5. The van der Waals surface area contributed by atoms with Crippen molar-refractivity contribution in [1.29, 1.82) is 0 Å². The lowest BCUT2D eigenvalue weighted by molar-refractivity contribution is -0.136. The van der Waals surface area contributed by atoms with Crippen molar-refractivity contribution < 1.29 is 19.1 Å². The third-order valence-corrected chi connectivity index (χ3v) is 2.98. The highest BCUT2D eigenvalue weighted by Crippen LogP contribution is 2.18. The van der Waals surface area contributed by atoms with E-state index in [1.165, 1.54) is 0 Å². The Morgan fingerprint density at radius 2 is 1.90 bits per heavy atom. The van der Waals surface area contributed by atoms with Crippen molar-refractivity contribution in [2.24, 2.45) is 0 Å². The normalized spacial score (nSPS) is 10.7. The molecule has 5 heteroatoms. The number of hydrogen-bond donors (Lipinski definition) is 1. The number of nitrogens with zero attached hydrogens (tertiary/aromatic N) is 1. The highest BCUT2D eigenvalue weighted by molar-refractivity contribution is 5.72. The van der Waals surface area contributed by atoms with Crippen LogP contribution in [0.4, 0.5) is 0 Å². The Hall–Kier alpha value is -2.82. The van der Waals surface area contributed by atoms with Crippen LogP contribution in [-0.2, 0) is 17.8 Å². The van der Waals surface area contributed by atoms with Crippen LogP contribution in [-0.4, -0.2) is 16.1 Å². The molecule has 0 aliphatic carbocycles. The number of fused-ring (bicyclic) bond motifs is 1. The minimum atomic E-state index is -0.852. The summed E-state index contributed by atoms with van der Waals surface area (Å²) in [5, 5.41) is 8.71. The first kappa shape index (κ1) is 13.2. The van der Waals surface area contributed by atoms with Crippen molar-refractivity contribution >= 4 is 17.1 Å². The summed E-state index contributed by atoms with van der Waals surface area (Å²) in [5.74, 6) is 0.298. The Balaban J connectivity index is 1.65. The first-order valence-corrected chi connectivity index (χ1v) is 6.49. The second-order valence-corrected chi connectivity index (χ2v) is 4.58. The van der Waals surface area contributed by atoms with Crippen LogP contribution >= 0.6 is 0 Å². The summed E-state index contributed by atoms with van der Waals surface area (Å²) in [7, 11) is 0. The summed E-state index contributed by atoms with van der Waals surface area (Å²) in [6, 6.07) is 14.5.